The molecule has 4 heteroatoms. The highest BCUT2D eigenvalue weighted by atomic mass is 15.3. The number of rotatable bonds is 2. The van der Waals surface area contributed by atoms with Gasteiger partial charge in [0.1, 0.15) is 6.33 Å². The van der Waals surface area contributed by atoms with Crippen molar-refractivity contribution in [2.75, 3.05) is 0 Å². The first-order valence-corrected chi connectivity index (χ1v) is 2.37. The van der Waals surface area contributed by atoms with Gasteiger partial charge in [0.15, 0.2) is 0 Å². The molecule has 0 spiro atoms. The van der Waals surface area contributed by atoms with Crippen molar-refractivity contribution in [1.82, 2.24) is 14.8 Å². The standard InChI is InChI=1S/C5H6N4/c1-3-9-4-7-8-5(9)6-2/h3-4H,1-2H2. The fourth-order valence-electron chi connectivity index (χ4n) is 0.478. The van der Waals surface area contributed by atoms with Crippen LogP contribution in [-0.4, -0.2) is 21.5 Å². The van der Waals surface area contributed by atoms with Gasteiger partial charge >= 0.3 is 0 Å². The van der Waals surface area contributed by atoms with E-state index in [-0.39, 0.29) is 0 Å². The zero-order valence-corrected chi connectivity index (χ0v) is 4.86. The molecule has 9 heavy (non-hydrogen) atoms. The van der Waals surface area contributed by atoms with E-state index < -0.39 is 0 Å². The Labute approximate surface area is 52.6 Å². The Kier molecular flexibility index (Phi) is 1.40. The zero-order chi connectivity index (χ0) is 6.69. The Hall–Kier alpha value is -1.45. The predicted octanol–water partition coefficient (Wildman–Crippen LogP) is 0.711. The fourth-order valence-corrected chi connectivity index (χ4v) is 0.478. The maximum Gasteiger partial charge on any atom is 0.254 e. The maximum atomic E-state index is 3.62. The van der Waals surface area contributed by atoms with Gasteiger partial charge in [-0.25, -0.2) is 4.99 Å². The van der Waals surface area contributed by atoms with Gasteiger partial charge in [0.05, 0.1) is 0 Å². The lowest BCUT2D eigenvalue weighted by Crippen LogP contribution is -1.79. The van der Waals surface area contributed by atoms with Crippen molar-refractivity contribution in [1.29, 1.82) is 0 Å². The molecular weight excluding hydrogens is 116 g/mol. The Balaban J connectivity index is 3.12. The minimum absolute atomic E-state index is 0.463. The molecule has 0 N–H and O–H groups in total. The summed E-state index contributed by atoms with van der Waals surface area (Å²) in [4.78, 5) is 3.57. The third kappa shape index (κ3) is 0.861. The lowest BCUT2D eigenvalue weighted by Gasteiger charge is -1.88. The van der Waals surface area contributed by atoms with Gasteiger partial charge in [-0.15, -0.1) is 10.2 Å². The topological polar surface area (TPSA) is 43.1 Å². The van der Waals surface area contributed by atoms with Crippen molar-refractivity contribution in [3.63, 3.8) is 0 Å². The molecule has 46 valence electrons. The average molecular weight is 122 g/mol. The fraction of sp³-hybridized carbons (Fsp3) is 0. The van der Waals surface area contributed by atoms with Gasteiger partial charge in [-0.3, -0.25) is 4.57 Å². The van der Waals surface area contributed by atoms with Crippen LogP contribution in [0.5, 0.6) is 0 Å². The van der Waals surface area contributed by atoms with Crippen LogP contribution in [0.4, 0.5) is 5.95 Å². The highest BCUT2D eigenvalue weighted by Gasteiger charge is 1.93. The van der Waals surface area contributed by atoms with E-state index in [1.165, 1.54) is 6.33 Å². The van der Waals surface area contributed by atoms with E-state index in [0.29, 0.717) is 5.95 Å². The molecule has 1 rings (SSSR count). The minimum atomic E-state index is 0.463. The van der Waals surface area contributed by atoms with Crippen molar-refractivity contribution in [2.24, 2.45) is 4.99 Å². The van der Waals surface area contributed by atoms with Crippen LogP contribution in [0.25, 0.3) is 6.20 Å². The molecule has 0 aromatic carbocycles. The summed E-state index contributed by atoms with van der Waals surface area (Å²) < 4.78 is 1.58. The van der Waals surface area contributed by atoms with Gasteiger partial charge in [-0.1, -0.05) is 6.58 Å². The number of nitrogens with zero attached hydrogens (tertiary/aromatic N) is 4. The first kappa shape index (κ1) is 5.68. The summed E-state index contributed by atoms with van der Waals surface area (Å²) in [6.45, 7) is 6.80. The Morgan fingerprint density at radius 2 is 2.56 bits per heavy atom. The van der Waals surface area contributed by atoms with E-state index in [1.807, 2.05) is 0 Å². The molecule has 1 aromatic heterocycles. The summed E-state index contributed by atoms with van der Waals surface area (Å²) in [5, 5.41) is 7.19. The third-order valence-electron chi connectivity index (χ3n) is 0.892. The van der Waals surface area contributed by atoms with Crippen molar-refractivity contribution in [2.45, 2.75) is 0 Å². The first-order chi connectivity index (χ1) is 4.38. The molecule has 4 nitrogen and oxygen atoms in total. The third-order valence-corrected chi connectivity index (χ3v) is 0.892. The minimum Gasteiger partial charge on any atom is -0.274 e. The van der Waals surface area contributed by atoms with Crippen LogP contribution in [0, 0.1) is 0 Å². The van der Waals surface area contributed by atoms with Crippen LogP contribution < -0.4 is 0 Å². The van der Waals surface area contributed by atoms with E-state index >= 15 is 0 Å². The molecule has 0 aliphatic heterocycles. The molecule has 0 fully saturated rings. The molecule has 0 saturated carbocycles. The second-order valence-electron chi connectivity index (χ2n) is 1.38. The van der Waals surface area contributed by atoms with Crippen molar-refractivity contribution >= 4 is 18.9 Å². The molecule has 1 heterocycles. The van der Waals surface area contributed by atoms with Gasteiger partial charge in [0.2, 0.25) is 0 Å². The van der Waals surface area contributed by atoms with E-state index in [1.54, 1.807) is 10.8 Å². The monoisotopic (exact) mass is 122 g/mol. The summed E-state index contributed by atoms with van der Waals surface area (Å²) in [7, 11) is 0. The van der Waals surface area contributed by atoms with Crippen molar-refractivity contribution < 1.29 is 0 Å². The highest BCUT2D eigenvalue weighted by molar-refractivity contribution is 5.38. The van der Waals surface area contributed by atoms with E-state index in [0.717, 1.165) is 0 Å². The second-order valence-corrected chi connectivity index (χ2v) is 1.38. The van der Waals surface area contributed by atoms with Crippen LogP contribution >= 0.6 is 0 Å². The largest absolute Gasteiger partial charge is 0.274 e. The number of aliphatic imine (C=N–C) groups is 1. The van der Waals surface area contributed by atoms with Gasteiger partial charge < -0.3 is 0 Å². The second kappa shape index (κ2) is 2.21. The number of hydrogen-bond donors (Lipinski definition) is 0. The maximum absolute atomic E-state index is 3.62. The molecule has 0 saturated heterocycles. The summed E-state index contributed by atoms with van der Waals surface area (Å²) in [5.41, 5.74) is 0. The highest BCUT2D eigenvalue weighted by Crippen LogP contribution is 2.03. The van der Waals surface area contributed by atoms with E-state index in [9.17, 15) is 0 Å². The van der Waals surface area contributed by atoms with Crippen LogP contribution in [0.15, 0.2) is 17.9 Å². The smallest absolute Gasteiger partial charge is 0.254 e. The molecule has 0 atom stereocenters. The Morgan fingerprint density at radius 1 is 1.78 bits per heavy atom. The van der Waals surface area contributed by atoms with Gasteiger partial charge in [0, 0.05) is 6.20 Å². The van der Waals surface area contributed by atoms with Crippen molar-refractivity contribution in [3.8, 4) is 0 Å². The van der Waals surface area contributed by atoms with E-state index in [2.05, 4.69) is 28.5 Å². The van der Waals surface area contributed by atoms with Crippen LogP contribution in [-0.2, 0) is 0 Å². The number of aromatic nitrogens is 3. The first-order valence-electron chi connectivity index (χ1n) is 2.37. The van der Waals surface area contributed by atoms with Crippen LogP contribution in [0.1, 0.15) is 0 Å². The summed E-state index contributed by atoms with van der Waals surface area (Å²) in [6, 6.07) is 0. The lowest BCUT2D eigenvalue weighted by molar-refractivity contribution is 1.08. The summed E-state index contributed by atoms with van der Waals surface area (Å²) >= 11 is 0. The lowest BCUT2D eigenvalue weighted by atomic mass is 10.9. The Morgan fingerprint density at radius 3 is 3.00 bits per heavy atom. The molecule has 0 unspecified atom stereocenters. The molecule has 0 aliphatic carbocycles. The van der Waals surface area contributed by atoms with E-state index in [4.69, 9.17) is 0 Å². The molecule has 0 amide bonds. The average Bonchev–Trinajstić information content (AvgIpc) is 2.33. The van der Waals surface area contributed by atoms with Gasteiger partial charge in [0.25, 0.3) is 5.95 Å². The quantitative estimate of drug-likeness (QED) is 0.542. The predicted molar refractivity (Wildman–Crippen MR) is 35.6 cm³/mol. The molecule has 0 radical (unpaired) electrons. The molecule has 1 aromatic rings. The van der Waals surface area contributed by atoms with Crippen molar-refractivity contribution in [3.05, 3.63) is 12.9 Å². The van der Waals surface area contributed by atoms with Crippen LogP contribution in [0.2, 0.25) is 0 Å². The number of hydrogen-bond acceptors (Lipinski definition) is 3. The Bertz CT molecular complexity index is 202. The molecule has 0 aliphatic rings. The van der Waals surface area contributed by atoms with Crippen LogP contribution in [0.3, 0.4) is 0 Å². The SMILES string of the molecule is C=Cn1cnnc1N=C. The molecular formula is C5H6N4. The zero-order valence-electron chi connectivity index (χ0n) is 4.86. The molecule has 0 bridgehead atoms. The summed E-state index contributed by atoms with van der Waals surface area (Å²) in [5.74, 6) is 0.463. The van der Waals surface area contributed by atoms with Gasteiger partial charge in [-0.2, -0.15) is 0 Å². The summed E-state index contributed by atoms with van der Waals surface area (Å²) in [6.07, 6.45) is 3.07. The normalized spacial score (nSPS) is 8.89. The van der Waals surface area contributed by atoms with Gasteiger partial charge in [-0.05, 0) is 6.72 Å².